The van der Waals surface area contributed by atoms with Crippen LogP contribution in [0.4, 0.5) is 17.6 Å². The number of benzene rings is 2. The average molecular weight is 482 g/mol. The molecule has 34 heavy (non-hydrogen) atoms. The van der Waals surface area contributed by atoms with E-state index in [-0.39, 0.29) is 17.1 Å². The molecule has 2 rings (SSSR count). The van der Waals surface area contributed by atoms with Crippen molar-refractivity contribution in [3.8, 4) is 11.5 Å². The normalized spacial score (nSPS) is 11.6. The Kier molecular flexibility index (Phi) is 10.6. The summed E-state index contributed by atoms with van der Waals surface area (Å²) in [5.74, 6) is -5.25. The van der Waals surface area contributed by atoms with E-state index in [2.05, 4.69) is 11.7 Å². The summed E-state index contributed by atoms with van der Waals surface area (Å²) < 4.78 is 65.1. The van der Waals surface area contributed by atoms with Crippen LogP contribution < -0.4 is 9.47 Å². The fourth-order valence-electron chi connectivity index (χ4n) is 2.66. The highest BCUT2D eigenvalue weighted by molar-refractivity contribution is 5.91. The summed E-state index contributed by atoms with van der Waals surface area (Å²) in [4.78, 5) is 23.9. The molecule has 184 valence electrons. The van der Waals surface area contributed by atoms with E-state index in [1.807, 2.05) is 0 Å². The first-order valence-corrected chi connectivity index (χ1v) is 10.8. The minimum Gasteiger partial charge on any atom is -0.487 e. The van der Waals surface area contributed by atoms with E-state index in [9.17, 15) is 27.2 Å². The summed E-state index contributed by atoms with van der Waals surface area (Å²) in [5.41, 5.74) is 0.809. The molecular weight excluding hydrogens is 456 g/mol. The number of unbranched alkanes of at least 4 members (excludes halogenated alkanes) is 3. The van der Waals surface area contributed by atoms with Crippen molar-refractivity contribution in [1.29, 1.82) is 0 Å². The van der Waals surface area contributed by atoms with Gasteiger partial charge < -0.3 is 14.2 Å². The SMILES string of the molecule is CCCCCCOC(=O)C=Cc1ccc(OC(=O)c2ccc(OCC(F)(F)C(F)F)cc2)cc1. The quantitative estimate of drug-likeness (QED) is 0.110. The molecule has 0 N–H and O–H groups in total. The number of halogens is 4. The molecule has 0 bridgehead atoms. The lowest BCUT2D eigenvalue weighted by Gasteiger charge is -2.16. The van der Waals surface area contributed by atoms with Gasteiger partial charge in [-0.3, -0.25) is 0 Å². The Morgan fingerprint density at radius 3 is 2.21 bits per heavy atom. The molecule has 0 unspecified atom stereocenters. The number of ether oxygens (including phenoxy) is 3. The lowest BCUT2D eigenvalue weighted by atomic mass is 10.2. The highest BCUT2D eigenvalue weighted by Crippen LogP contribution is 2.24. The Morgan fingerprint density at radius 1 is 0.941 bits per heavy atom. The van der Waals surface area contributed by atoms with E-state index >= 15 is 0 Å². The lowest BCUT2D eigenvalue weighted by Crippen LogP contribution is -2.33. The molecule has 0 atom stereocenters. The number of hydrogen-bond acceptors (Lipinski definition) is 5. The van der Waals surface area contributed by atoms with Gasteiger partial charge in [-0.25, -0.2) is 18.4 Å². The second-order valence-corrected chi connectivity index (χ2v) is 7.39. The Bertz CT molecular complexity index is 941. The van der Waals surface area contributed by atoms with Crippen LogP contribution in [-0.4, -0.2) is 37.5 Å². The van der Waals surface area contributed by atoms with Crippen molar-refractivity contribution in [2.45, 2.75) is 45.0 Å². The monoisotopic (exact) mass is 482 g/mol. The van der Waals surface area contributed by atoms with Crippen LogP contribution in [0.2, 0.25) is 0 Å². The van der Waals surface area contributed by atoms with Crippen LogP contribution in [0.3, 0.4) is 0 Å². The van der Waals surface area contributed by atoms with Crippen LogP contribution in [0.5, 0.6) is 11.5 Å². The number of carbonyl (C=O) groups is 2. The number of carbonyl (C=O) groups excluding carboxylic acids is 2. The van der Waals surface area contributed by atoms with Crippen LogP contribution >= 0.6 is 0 Å². The topological polar surface area (TPSA) is 61.8 Å². The Balaban J connectivity index is 1.82. The standard InChI is InChI=1S/C25H26F4O5/c1-2-3-4-5-16-32-22(30)15-8-18-6-11-21(12-7-18)34-23(31)19-9-13-20(14-10-19)33-17-25(28,29)24(26)27/h6-15,24H,2-5,16-17H2,1H3. The molecule has 0 spiro atoms. The first kappa shape index (κ1) is 26.9. The maximum Gasteiger partial charge on any atom is 0.343 e. The van der Waals surface area contributed by atoms with Gasteiger partial charge in [-0.15, -0.1) is 0 Å². The van der Waals surface area contributed by atoms with Gasteiger partial charge >= 0.3 is 24.3 Å². The number of hydrogen-bond donors (Lipinski definition) is 0. The van der Waals surface area contributed by atoms with E-state index in [0.29, 0.717) is 12.2 Å². The average Bonchev–Trinajstić information content (AvgIpc) is 2.82. The Hall–Kier alpha value is -3.36. The fourth-order valence-corrected chi connectivity index (χ4v) is 2.66. The molecule has 0 fully saturated rings. The van der Waals surface area contributed by atoms with Crippen LogP contribution in [-0.2, 0) is 9.53 Å². The van der Waals surface area contributed by atoms with Gasteiger partial charge in [-0.1, -0.05) is 38.3 Å². The molecule has 0 saturated heterocycles. The third kappa shape index (κ3) is 9.25. The van der Waals surface area contributed by atoms with E-state index < -0.39 is 30.9 Å². The first-order valence-electron chi connectivity index (χ1n) is 10.8. The Labute approximate surface area is 195 Å². The number of alkyl halides is 4. The van der Waals surface area contributed by atoms with Gasteiger partial charge in [0, 0.05) is 6.08 Å². The number of esters is 2. The number of rotatable bonds is 13. The van der Waals surface area contributed by atoms with Gasteiger partial charge in [0.05, 0.1) is 12.2 Å². The first-order chi connectivity index (χ1) is 16.2. The van der Waals surface area contributed by atoms with Crippen LogP contribution in [0.25, 0.3) is 6.08 Å². The summed E-state index contributed by atoms with van der Waals surface area (Å²) in [5, 5.41) is 0. The summed E-state index contributed by atoms with van der Waals surface area (Å²) in [6.45, 7) is 1.00. The van der Waals surface area contributed by atoms with Crippen molar-refractivity contribution in [1.82, 2.24) is 0 Å². The van der Waals surface area contributed by atoms with Crippen LogP contribution in [0.15, 0.2) is 54.6 Å². The van der Waals surface area contributed by atoms with E-state index in [4.69, 9.17) is 9.47 Å². The molecule has 0 saturated carbocycles. The minimum absolute atomic E-state index is 0.0903. The van der Waals surface area contributed by atoms with Crippen LogP contribution in [0, 0.1) is 0 Å². The van der Waals surface area contributed by atoms with Gasteiger partial charge in [0.2, 0.25) is 0 Å². The van der Waals surface area contributed by atoms with Gasteiger partial charge in [0.25, 0.3) is 0 Å². The van der Waals surface area contributed by atoms with Crippen molar-refractivity contribution < 1.29 is 41.4 Å². The zero-order valence-electron chi connectivity index (χ0n) is 18.6. The summed E-state index contributed by atoms with van der Waals surface area (Å²) in [6.07, 6.45) is 3.13. The second-order valence-electron chi connectivity index (χ2n) is 7.39. The summed E-state index contributed by atoms with van der Waals surface area (Å²) >= 11 is 0. The zero-order chi connectivity index (χ0) is 25.0. The second kappa shape index (κ2) is 13.4. The Morgan fingerprint density at radius 2 is 1.59 bits per heavy atom. The highest BCUT2D eigenvalue weighted by atomic mass is 19.3. The molecule has 0 heterocycles. The van der Waals surface area contributed by atoms with Gasteiger partial charge in [-0.2, -0.15) is 8.78 Å². The third-order valence-corrected chi connectivity index (χ3v) is 4.59. The van der Waals surface area contributed by atoms with E-state index in [0.717, 1.165) is 25.7 Å². The maximum atomic E-state index is 12.9. The van der Waals surface area contributed by atoms with Crippen molar-refractivity contribution in [2.75, 3.05) is 13.2 Å². The van der Waals surface area contributed by atoms with Gasteiger partial charge in [0.15, 0.2) is 6.61 Å². The van der Waals surface area contributed by atoms with E-state index in [1.165, 1.54) is 42.5 Å². The van der Waals surface area contributed by atoms with Gasteiger partial charge in [-0.05, 0) is 54.5 Å². The summed E-state index contributed by atoms with van der Waals surface area (Å²) in [6, 6.07) is 11.3. The molecule has 0 aliphatic carbocycles. The van der Waals surface area contributed by atoms with Crippen molar-refractivity contribution >= 4 is 18.0 Å². The molecule has 0 aromatic heterocycles. The fraction of sp³-hybridized carbons (Fsp3) is 0.360. The van der Waals surface area contributed by atoms with Crippen molar-refractivity contribution in [3.63, 3.8) is 0 Å². The molecule has 9 heteroatoms. The predicted octanol–water partition coefficient (Wildman–Crippen LogP) is 6.32. The molecular formula is C25H26F4O5. The smallest absolute Gasteiger partial charge is 0.343 e. The minimum atomic E-state index is -4.27. The van der Waals surface area contributed by atoms with Gasteiger partial charge in [0.1, 0.15) is 11.5 Å². The predicted molar refractivity (Wildman–Crippen MR) is 118 cm³/mol. The lowest BCUT2D eigenvalue weighted by molar-refractivity contribution is -0.148. The van der Waals surface area contributed by atoms with Crippen molar-refractivity contribution in [3.05, 3.63) is 65.7 Å². The van der Waals surface area contributed by atoms with Crippen LogP contribution in [0.1, 0.15) is 48.5 Å². The maximum absolute atomic E-state index is 12.9. The molecule has 0 radical (unpaired) electrons. The highest BCUT2D eigenvalue weighted by Gasteiger charge is 2.41. The third-order valence-electron chi connectivity index (χ3n) is 4.59. The molecule has 2 aromatic rings. The zero-order valence-corrected chi connectivity index (χ0v) is 18.6. The molecule has 0 aliphatic rings. The summed E-state index contributed by atoms with van der Waals surface area (Å²) in [7, 11) is 0. The molecule has 5 nitrogen and oxygen atoms in total. The molecule has 0 aliphatic heterocycles. The molecule has 2 aromatic carbocycles. The largest absolute Gasteiger partial charge is 0.487 e. The van der Waals surface area contributed by atoms with E-state index in [1.54, 1.807) is 18.2 Å². The van der Waals surface area contributed by atoms with Crippen molar-refractivity contribution in [2.24, 2.45) is 0 Å². The molecule has 0 amide bonds.